The molecular formula is C22H30N4O3. The van der Waals surface area contributed by atoms with Gasteiger partial charge in [-0.2, -0.15) is 0 Å². The predicted molar refractivity (Wildman–Crippen MR) is 113 cm³/mol. The fraction of sp³-hybridized carbons (Fsp3) is 0.455. The summed E-state index contributed by atoms with van der Waals surface area (Å²) >= 11 is 0. The number of amides is 1. The van der Waals surface area contributed by atoms with E-state index in [0.29, 0.717) is 25.4 Å². The van der Waals surface area contributed by atoms with Gasteiger partial charge in [0, 0.05) is 32.7 Å². The Morgan fingerprint density at radius 2 is 1.97 bits per heavy atom. The molecule has 156 valence electrons. The highest BCUT2D eigenvalue weighted by atomic mass is 16.5. The molecule has 0 saturated carbocycles. The Morgan fingerprint density at radius 3 is 2.62 bits per heavy atom. The minimum atomic E-state index is -0.0585. The van der Waals surface area contributed by atoms with E-state index in [0.717, 1.165) is 31.3 Å². The van der Waals surface area contributed by atoms with Gasteiger partial charge in [0.05, 0.1) is 12.8 Å². The molecule has 7 heteroatoms. The van der Waals surface area contributed by atoms with Crippen LogP contribution in [-0.2, 0) is 0 Å². The zero-order valence-electron chi connectivity index (χ0n) is 17.4. The quantitative estimate of drug-likeness (QED) is 0.599. The van der Waals surface area contributed by atoms with E-state index in [9.17, 15) is 4.79 Å². The first-order chi connectivity index (χ1) is 14.1. The molecule has 29 heavy (non-hydrogen) atoms. The van der Waals surface area contributed by atoms with Gasteiger partial charge in [0.1, 0.15) is 11.9 Å². The van der Waals surface area contributed by atoms with Gasteiger partial charge < -0.3 is 24.3 Å². The average molecular weight is 399 g/mol. The van der Waals surface area contributed by atoms with E-state index in [4.69, 9.17) is 14.1 Å². The van der Waals surface area contributed by atoms with Crippen LogP contribution in [0.2, 0.25) is 0 Å². The predicted octanol–water partition coefficient (Wildman–Crippen LogP) is 2.78. The van der Waals surface area contributed by atoms with Gasteiger partial charge in [0.15, 0.2) is 11.7 Å². The second kappa shape index (κ2) is 10.0. The van der Waals surface area contributed by atoms with Gasteiger partial charge in [-0.3, -0.25) is 4.79 Å². The maximum absolute atomic E-state index is 12.4. The van der Waals surface area contributed by atoms with E-state index in [1.165, 1.54) is 11.8 Å². The zero-order valence-corrected chi connectivity index (χ0v) is 17.4. The number of piperazine rings is 1. The van der Waals surface area contributed by atoms with Crippen LogP contribution in [0.3, 0.4) is 0 Å². The molecular weight excluding hydrogens is 368 g/mol. The van der Waals surface area contributed by atoms with Crippen LogP contribution in [-0.4, -0.2) is 67.0 Å². The minimum Gasteiger partial charge on any atom is -0.489 e. The summed E-state index contributed by atoms with van der Waals surface area (Å²) in [7, 11) is 0. The molecule has 1 fully saturated rings. The number of nitrogens with one attached hydrogen (secondary N) is 1. The Bertz CT molecular complexity index is 811. The van der Waals surface area contributed by atoms with Crippen LogP contribution in [0.4, 0.5) is 0 Å². The van der Waals surface area contributed by atoms with Crippen molar-refractivity contribution in [2.45, 2.75) is 26.9 Å². The third-order valence-electron chi connectivity index (χ3n) is 4.76. The van der Waals surface area contributed by atoms with Gasteiger partial charge in [0.2, 0.25) is 0 Å². The van der Waals surface area contributed by atoms with Gasteiger partial charge in [-0.05, 0) is 50.6 Å². The summed E-state index contributed by atoms with van der Waals surface area (Å²) in [5.74, 6) is 2.05. The third kappa shape index (κ3) is 5.76. The largest absolute Gasteiger partial charge is 0.489 e. The average Bonchev–Trinajstić information content (AvgIpc) is 3.25. The lowest BCUT2D eigenvalue weighted by molar-refractivity contribution is 0.0657. The van der Waals surface area contributed by atoms with E-state index < -0.39 is 0 Å². The molecule has 1 aromatic carbocycles. The molecule has 1 N–H and O–H groups in total. The number of ether oxygens (including phenoxy) is 1. The van der Waals surface area contributed by atoms with Crippen molar-refractivity contribution in [3.63, 3.8) is 0 Å². The van der Waals surface area contributed by atoms with E-state index in [2.05, 4.69) is 30.1 Å². The fourth-order valence-electron chi connectivity index (χ4n) is 3.28. The molecule has 3 rings (SSSR count). The summed E-state index contributed by atoms with van der Waals surface area (Å²) in [6.45, 7) is 10.2. The van der Waals surface area contributed by atoms with Crippen LogP contribution in [0.1, 0.15) is 30.0 Å². The third-order valence-corrected chi connectivity index (χ3v) is 4.76. The number of carbonyl (C=O) groups excluding carboxylic acids is 1. The highest BCUT2D eigenvalue weighted by molar-refractivity contribution is 5.91. The molecule has 1 saturated heterocycles. The molecule has 1 amide bonds. The van der Waals surface area contributed by atoms with Crippen molar-refractivity contribution >= 4 is 11.9 Å². The van der Waals surface area contributed by atoms with Gasteiger partial charge in [-0.1, -0.05) is 12.1 Å². The standard InChI is InChI=1S/C22H30N4O3/c1-4-23-22(24-16-18(3)29-19-8-5-7-17(2)15-19)26-12-10-25(11-13-26)21(27)20-9-6-14-28-20/h5-9,14-15,18H,4,10-13,16H2,1-3H3,(H,23,24). The first-order valence-electron chi connectivity index (χ1n) is 10.2. The van der Waals surface area contributed by atoms with Crippen molar-refractivity contribution in [3.05, 3.63) is 54.0 Å². The molecule has 1 unspecified atom stereocenters. The number of hydrogen-bond acceptors (Lipinski definition) is 4. The molecule has 1 aliphatic heterocycles. The van der Waals surface area contributed by atoms with Crippen LogP contribution in [0.5, 0.6) is 5.75 Å². The molecule has 0 radical (unpaired) electrons. The Kier molecular flexibility index (Phi) is 7.16. The lowest BCUT2D eigenvalue weighted by Gasteiger charge is -2.36. The van der Waals surface area contributed by atoms with E-state index >= 15 is 0 Å². The summed E-state index contributed by atoms with van der Waals surface area (Å²) in [6.07, 6.45) is 1.49. The van der Waals surface area contributed by atoms with Crippen molar-refractivity contribution < 1.29 is 13.9 Å². The molecule has 0 aliphatic carbocycles. The second-order valence-electron chi connectivity index (χ2n) is 7.20. The topological polar surface area (TPSA) is 70.3 Å². The number of furan rings is 1. The van der Waals surface area contributed by atoms with E-state index in [-0.39, 0.29) is 12.0 Å². The molecule has 2 aromatic rings. The number of carbonyl (C=O) groups is 1. The van der Waals surface area contributed by atoms with Crippen LogP contribution in [0, 0.1) is 6.92 Å². The lowest BCUT2D eigenvalue weighted by atomic mass is 10.2. The highest BCUT2D eigenvalue weighted by Crippen LogP contribution is 2.14. The lowest BCUT2D eigenvalue weighted by Crippen LogP contribution is -2.53. The number of nitrogens with zero attached hydrogens (tertiary/aromatic N) is 3. The van der Waals surface area contributed by atoms with Gasteiger partial charge >= 0.3 is 0 Å². The van der Waals surface area contributed by atoms with Crippen molar-refractivity contribution in [1.29, 1.82) is 0 Å². The van der Waals surface area contributed by atoms with Gasteiger partial charge in [-0.25, -0.2) is 4.99 Å². The fourth-order valence-corrected chi connectivity index (χ4v) is 3.28. The molecule has 0 bridgehead atoms. The Balaban J connectivity index is 1.54. The van der Waals surface area contributed by atoms with Crippen LogP contribution in [0.15, 0.2) is 52.1 Å². The van der Waals surface area contributed by atoms with Crippen molar-refractivity contribution in [2.24, 2.45) is 4.99 Å². The smallest absolute Gasteiger partial charge is 0.289 e. The number of benzene rings is 1. The first-order valence-corrected chi connectivity index (χ1v) is 10.2. The number of rotatable bonds is 6. The zero-order chi connectivity index (χ0) is 20.6. The highest BCUT2D eigenvalue weighted by Gasteiger charge is 2.25. The van der Waals surface area contributed by atoms with Crippen LogP contribution in [0.25, 0.3) is 0 Å². The SMILES string of the molecule is CCNC(=NCC(C)Oc1cccc(C)c1)N1CCN(C(=O)c2ccco2)CC1. The summed E-state index contributed by atoms with van der Waals surface area (Å²) in [6, 6.07) is 11.5. The summed E-state index contributed by atoms with van der Waals surface area (Å²) in [4.78, 5) is 21.2. The van der Waals surface area contributed by atoms with E-state index in [1.54, 1.807) is 12.1 Å². The summed E-state index contributed by atoms with van der Waals surface area (Å²) < 4.78 is 11.2. The first kappa shape index (κ1) is 20.8. The second-order valence-corrected chi connectivity index (χ2v) is 7.20. The molecule has 1 aliphatic rings. The molecule has 1 aromatic heterocycles. The number of aliphatic imine (C=N–C) groups is 1. The van der Waals surface area contributed by atoms with Crippen molar-refractivity contribution in [2.75, 3.05) is 39.3 Å². The Morgan fingerprint density at radius 1 is 1.21 bits per heavy atom. The minimum absolute atomic E-state index is 0.0349. The summed E-state index contributed by atoms with van der Waals surface area (Å²) in [5, 5.41) is 3.35. The van der Waals surface area contributed by atoms with Crippen molar-refractivity contribution in [3.8, 4) is 5.75 Å². The molecule has 0 spiro atoms. The van der Waals surface area contributed by atoms with Crippen molar-refractivity contribution in [1.82, 2.24) is 15.1 Å². The van der Waals surface area contributed by atoms with E-state index in [1.807, 2.05) is 30.0 Å². The Hall–Kier alpha value is -2.96. The monoisotopic (exact) mass is 398 g/mol. The molecule has 1 atom stereocenters. The number of guanidine groups is 1. The molecule has 7 nitrogen and oxygen atoms in total. The molecule has 2 heterocycles. The van der Waals surface area contributed by atoms with Gasteiger partial charge in [-0.15, -0.1) is 0 Å². The normalized spacial score (nSPS) is 15.9. The van der Waals surface area contributed by atoms with Gasteiger partial charge in [0.25, 0.3) is 5.91 Å². The maximum atomic E-state index is 12.4. The Labute approximate surface area is 172 Å². The van der Waals surface area contributed by atoms with Crippen LogP contribution < -0.4 is 10.1 Å². The number of hydrogen-bond donors (Lipinski definition) is 1. The van der Waals surface area contributed by atoms with Crippen LogP contribution >= 0.6 is 0 Å². The summed E-state index contributed by atoms with van der Waals surface area (Å²) in [5.41, 5.74) is 1.17. The maximum Gasteiger partial charge on any atom is 0.289 e. The number of aryl methyl sites for hydroxylation is 1.